The summed E-state index contributed by atoms with van der Waals surface area (Å²) in [5.41, 5.74) is 5.86. The van der Waals surface area contributed by atoms with Crippen LogP contribution in [0.3, 0.4) is 0 Å². The van der Waals surface area contributed by atoms with Gasteiger partial charge in [0.15, 0.2) is 0 Å². The number of hydrogen-bond acceptors (Lipinski definition) is 3. The van der Waals surface area contributed by atoms with Gasteiger partial charge in [-0.3, -0.25) is 4.79 Å². The normalized spacial score (nSPS) is 22.7. The van der Waals surface area contributed by atoms with Crippen LogP contribution >= 0.6 is 0 Å². The van der Waals surface area contributed by atoms with Crippen LogP contribution in [0.1, 0.15) is 71.1 Å². The topological polar surface area (TPSA) is 64.3 Å². The highest BCUT2D eigenvalue weighted by molar-refractivity contribution is 5.75. The summed E-state index contributed by atoms with van der Waals surface area (Å²) >= 11 is 0. The molecule has 4 nitrogen and oxygen atoms in total. The average Bonchev–Trinajstić information content (AvgIpc) is 2.45. The monoisotopic (exact) mass is 284 g/mol. The van der Waals surface area contributed by atoms with Crippen LogP contribution in [0.15, 0.2) is 0 Å². The molecule has 0 aromatic rings. The lowest BCUT2D eigenvalue weighted by Gasteiger charge is -2.26. The Hall–Kier alpha value is -0.610. The highest BCUT2D eigenvalue weighted by atomic mass is 16.5. The Bertz CT molecular complexity index is 251. The van der Waals surface area contributed by atoms with Crippen molar-refractivity contribution in [1.82, 2.24) is 5.32 Å². The van der Waals surface area contributed by atoms with E-state index in [1.54, 1.807) is 0 Å². The molecule has 3 N–H and O–H groups in total. The molecule has 20 heavy (non-hydrogen) atoms. The number of hydrogen-bond donors (Lipinski definition) is 2. The highest BCUT2D eigenvalue weighted by Crippen LogP contribution is 2.19. The molecule has 1 saturated carbocycles. The van der Waals surface area contributed by atoms with E-state index in [-0.39, 0.29) is 5.91 Å². The maximum absolute atomic E-state index is 11.6. The second-order valence-corrected chi connectivity index (χ2v) is 5.92. The zero-order valence-electron chi connectivity index (χ0n) is 13.0. The van der Waals surface area contributed by atoms with Crippen molar-refractivity contribution in [3.8, 4) is 0 Å². The molecule has 4 heteroatoms. The number of carbonyl (C=O) groups excluding carboxylic acids is 1. The molecule has 0 atom stereocenters. The highest BCUT2D eigenvalue weighted by Gasteiger charge is 2.18. The fourth-order valence-electron chi connectivity index (χ4n) is 2.65. The third kappa shape index (κ3) is 8.54. The molecule has 0 aromatic heterocycles. The van der Waals surface area contributed by atoms with Gasteiger partial charge in [-0.25, -0.2) is 0 Å². The molecule has 0 aromatic carbocycles. The zero-order valence-corrected chi connectivity index (χ0v) is 13.0. The van der Waals surface area contributed by atoms with Gasteiger partial charge < -0.3 is 15.8 Å². The molecule has 1 amide bonds. The predicted molar refractivity (Wildman–Crippen MR) is 82.6 cm³/mol. The van der Waals surface area contributed by atoms with Gasteiger partial charge in [-0.15, -0.1) is 0 Å². The number of ether oxygens (including phenoxy) is 1. The van der Waals surface area contributed by atoms with Crippen LogP contribution in [0.25, 0.3) is 0 Å². The van der Waals surface area contributed by atoms with E-state index in [0.29, 0.717) is 31.7 Å². The van der Waals surface area contributed by atoms with Gasteiger partial charge >= 0.3 is 0 Å². The Labute approximate surface area is 123 Å². The van der Waals surface area contributed by atoms with Crippen LogP contribution in [0.4, 0.5) is 0 Å². The van der Waals surface area contributed by atoms with Gasteiger partial charge in [0.05, 0.1) is 12.7 Å². The Morgan fingerprint density at radius 2 is 1.85 bits per heavy atom. The van der Waals surface area contributed by atoms with E-state index in [0.717, 1.165) is 32.1 Å². The summed E-state index contributed by atoms with van der Waals surface area (Å²) in [4.78, 5) is 11.6. The first-order chi connectivity index (χ1) is 9.72. The molecule has 0 bridgehead atoms. The number of nitrogens with one attached hydrogen (secondary N) is 1. The molecule has 1 aliphatic carbocycles. The lowest BCUT2D eigenvalue weighted by atomic mass is 9.94. The molecule has 0 unspecified atom stereocenters. The van der Waals surface area contributed by atoms with Crippen LogP contribution in [0.2, 0.25) is 0 Å². The first-order valence-electron chi connectivity index (χ1n) is 8.36. The summed E-state index contributed by atoms with van der Waals surface area (Å²) in [7, 11) is 0. The minimum atomic E-state index is 0.163. The zero-order chi connectivity index (χ0) is 14.6. The summed E-state index contributed by atoms with van der Waals surface area (Å²) in [5, 5.41) is 2.93. The molecule has 0 spiro atoms. The third-order valence-electron chi connectivity index (χ3n) is 4.00. The van der Waals surface area contributed by atoms with Crippen LogP contribution < -0.4 is 11.1 Å². The van der Waals surface area contributed by atoms with E-state index in [4.69, 9.17) is 10.5 Å². The van der Waals surface area contributed by atoms with Gasteiger partial charge in [0, 0.05) is 19.0 Å². The van der Waals surface area contributed by atoms with E-state index in [9.17, 15) is 4.79 Å². The summed E-state index contributed by atoms with van der Waals surface area (Å²) in [6.07, 6.45) is 11.2. The largest absolute Gasteiger partial charge is 0.376 e. The van der Waals surface area contributed by atoms with Gasteiger partial charge in [0.2, 0.25) is 5.91 Å². The van der Waals surface area contributed by atoms with Crippen LogP contribution in [0, 0.1) is 0 Å². The molecule has 1 fully saturated rings. The summed E-state index contributed by atoms with van der Waals surface area (Å²) < 4.78 is 5.77. The lowest BCUT2D eigenvalue weighted by molar-refractivity contribution is -0.121. The smallest absolute Gasteiger partial charge is 0.220 e. The summed E-state index contributed by atoms with van der Waals surface area (Å²) in [5.74, 6) is 0.163. The third-order valence-corrected chi connectivity index (χ3v) is 4.00. The van der Waals surface area contributed by atoms with Crippen molar-refractivity contribution in [3.05, 3.63) is 0 Å². The first kappa shape index (κ1) is 17.4. The van der Waals surface area contributed by atoms with Gasteiger partial charge in [-0.1, -0.05) is 32.6 Å². The molecule has 0 saturated heterocycles. The lowest BCUT2D eigenvalue weighted by Crippen LogP contribution is -2.32. The Balaban J connectivity index is 1.89. The Kier molecular flexibility index (Phi) is 9.67. The van der Waals surface area contributed by atoms with Gasteiger partial charge in [0.1, 0.15) is 0 Å². The average molecular weight is 284 g/mol. The molecule has 0 heterocycles. The van der Waals surface area contributed by atoms with Gasteiger partial charge in [0.25, 0.3) is 0 Å². The Morgan fingerprint density at radius 3 is 2.55 bits per heavy atom. The van der Waals surface area contributed by atoms with Crippen molar-refractivity contribution in [2.24, 2.45) is 5.73 Å². The number of amides is 1. The quantitative estimate of drug-likeness (QED) is 0.606. The van der Waals surface area contributed by atoms with Gasteiger partial charge in [-0.05, 0) is 32.1 Å². The van der Waals surface area contributed by atoms with Crippen LogP contribution in [-0.4, -0.2) is 31.2 Å². The molecule has 1 rings (SSSR count). The maximum atomic E-state index is 11.6. The molecule has 1 aliphatic rings. The molecular weight excluding hydrogens is 252 g/mol. The van der Waals surface area contributed by atoms with Crippen molar-refractivity contribution in [3.63, 3.8) is 0 Å². The standard InChI is InChI=1S/C16H32N2O2/c1-2-3-4-5-6-7-16(19)18-12-13-20-15-10-8-14(17)9-11-15/h14-15H,2-13,17H2,1H3,(H,18,19). The number of unbranched alkanes of at least 4 members (excludes halogenated alkanes) is 4. The van der Waals surface area contributed by atoms with E-state index in [2.05, 4.69) is 12.2 Å². The van der Waals surface area contributed by atoms with E-state index in [1.807, 2.05) is 0 Å². The fraction of sp³-hybridized carbons (Fsp3) is 0.938. The Morgan fingerprint density at radius 1 is 1.15 bits per heavy atom. The van der Waals surface area contributed by atoms with E-state index >= 15 is 0 Å². The van der Waals surface area contributed by atoms with Crippen molar-refractivity contribution < 1.29 is 9.53 Å². The second-order valence-electron chi connectivity index (χ2n) is 5.92. The van der Waals surface area contributed by atoms with Crippen molar-refractivity contribution in [1.29, 1.82) is 0 Å². The van der Waals surface area contributed by atoms with Gasteiger partial charge in [-0.2, -0.15) is 0 Å². The van der Waals surface area contributed by atoms with E-state index in [1.165, 1.54) is 25.7 Å². The van der Waals surface area contributed by atoms with E-state index < -0.39 is 0 Å². The minimum Gasteiger partial charge on any atom is -0.376 e. The molecule has 0 aliphatic heterocycles. The maximum Gasteiger partial charge on any atom is 0.220 e. The van der Waals surface area contributed by atoms with Crippen molar-refractivity contribution in [2.75, 3.05) is 13.2 Å². The van der Waals surface area contributed by atoms with Crippen molar-refractivity contribution >= 4 is 5.91 Å². The molecule has 0 radical (unpaired) electrons. The molecular formula is C16H32N2O2. The second kappa shape index (κ2) is 11.1. The fourth-order valence-corrected chi connectivity index (χ4v) is 2.65. The minimum absolute atomic E-state index is 0.163. The number of rotatable bonds is 10. The van der Waals surface area contributed by atoms with Crippen LogP contribution in [-0.2, 0) is 9.53 Å². The number of carbonyl (C=O) groups is 1. The number of nitrogens with two attached hydrogens (primary N) is 1. The first-order valence-corrected chi connectivity index (χ1v) is 8.36. The summed E-state index contributed by atoms with van der Waals surface area (Å²) in [6, 6.07) is 0.363. The molecule has 118 valence electrons. The predicted octanol–water partition coefficient (Wildman–Crippen LogP) is 2.75. The van der Waals surface area contributed by atoms with Crippen LogP contribution in [0.5, 0.6) is 0 Å². The SMILES string of the molecule is CCCCCCCC(=O)NCCOC1CCC(N)CC1. The van der Waals surface area contributed by atoms with Crippen molar-refractivity contribution in [2.45, 2.75) is 83.3 Å². The summed E-state index contributed by atoms with van der Waals surface area (Å²) in [6.45, 7) is 3.46.